The summed E-state index contributed by atoms with van der Waals surface area (Å²) in [5.41, 5.74) is 3.08. The third-order valence-electron chi connectivity index (χ3n) is 4.72. The maximum atomic E-state index is 12.7. The van der Waals surface area contributed by atoms with E-state index in [4.69, 9.17) is 4.74 Å². The third-order valence-corrected chi connectivity index (χ3v) is 4.72. The Morgan fingerprint density at radius 3 is 2.88 bits per heavy atom. The van der Waals surface area contributed by atoms with Crippen LogP contribution >= 0.6 is 0 Å². The number of aromatic nitrogens is 1. The Labute approximate surface area is 143 Å². The monoisotopic (exact) mass is 324 g/mol. The van der Waals surface area contributed by atoms with E-state index >= 15 is 0 Å². The van der Waals surface area contributed by atoms with Gasteiger partial charge >= 0.3 is 0 Å². The van der Waals surface area contributed by atoms with Crippen molar-refractivity contribution in [2.24, 2.45) is 5.92 Å². The van der Waals surface area contributed by atoms with Crippen molar-refractivity contribution in [2.75, 3.05) is 20.2 Å². The van der Waals surface area contributed by atoms with Crippen LogP contribution in [0, 0.1) is 12.8 Å². The fourth-order valence-electron chi connectivity index (χ4n) is 3.49. The second-order valence-electron chi connectivity index (χ2n) is 6.48. The second kappa shape index (κ2) is 7.58. The molecule has 4 heteroatoms. The van der Waals surface area contributed by atoms with E-state index in [9.17, 15) is 4.79 Å². The Kier molecular flexibility index (Phi) is 5.26. The molecule has 2 heterocycles. The number of carbonyl (C=O) groups excluding carboxylic acids is 1. The smallest absolute Gasteiger partial charge is 0.272 e. The van der Waals surface area contributed by atoms with Gasteiger partial charge in [0.05, 0.1) is 6.10 Å². The fraction of sp³-hybridized carbons (Fsp3) is 0.400. The van der Waals surface area contributed by atoms with Crippen molar-refractivity contribution in [3.8, 4) is 0 Å². The molecule has 1 aromatic carbocycles. The van der Waals surface area contributed by atoms with Crippen LogP contribution in [0.4, 0.5) is 0 Å². The molecule has 3 rings (SSSR count). The second-order valence-corrected chi connectivity index (χ2v) is 6.48. The number of carbonyl (C=O) groups is 1. The molecule has 24 heavy (non-hydrogen) atoms. The van der Waals surface area contributed by atoms with Crippen molar-refractivity contribution in [1.82, 2.24) is 9.88 Å². The summed E-state index contributed by atoms with van der Waals surface area (Å²) in [7, 11) is 1.77. The number of methoxy groups -OCH3 is 1. The predicted octanol–water partition coefficient (Wildman–Crippen LogP) is 3.11. The van der Waals surface area contributed by atoms with Gasteiger partial charge in [-0.3, -0.25) is 9.78 Å². The predicted molar refractivity (Wildman–Crippen MR) is 93.9 cm³/mol. The summed E-state index contributed by atoms with van der Waals surface area (Å²) in [6, 6.07) is 14.0. The van der Waals surface area contributed by atoms with Gasteiger partial charge in [0.1, 0.15) is 5.69 Å². The van der Waals surface area contributed by atoms with Crippen LogP contribution in [0.15, 0.2) is 48.7 Å². The summed E-state index contributed by atoms with van der Waals surface area (Å²) in [5.74, 6) is 0.317. The van der Waals surface area contributed by atoms with Crippen LogP contribution in [-0.2, 0) is 11.2 Å². The minimum Gasteiger partial charge on any atom is -0.381 e. The molecule has 1 aliphatic rings. The molecule has 2 aromatic rings. The number of pyridine rings is 1. The first-order chi connectivity index (χ1) is 11.7. The number of hydrogen-bond donors (Lipinski definition) is 0. The van der Waals surface area contributed by atoms with Crippen LogP contribution in [0.5, 0.6) is 0 Å². The van der Waals surface area contributed by atoms with E-state index in [0.717, 1.165) is 19.4 Å². The van der Waals surface area contributed by atoms with E-state index < -0.39 is 0 Å². The molecule has 0 N–H and O–H groups in total. The third kappa shape index (κ3) is 3.82. The zero-order valence-electron chi connectivity index (χ0n) is 14.3. The minimum atomic E-state index is 0.0133. The van der Waals surface area contributed by atoms with Crippen LogP contribution in [0.3, 0.4) is 0 Å². The lowest BCUT2D eigenvalue weighted by molar-refractivity contribution is -0.00317. The normalized spacial score (nSPS) is 20.8. The highest BCUT2D eigenvalue weighted by Gasteiger charge is 2.32. The highest BCUT2D eigenvalue weighted by molar-refractivity contribution is 5.92. The molecule has 0 saturated carbocycles. The van der Waals surface area contributed by atoms with Gasteiger partial charge in [-0.25, -0.2) is 0 Å². The van der Waals surface area contributed by atoms with Crippen LogP contribution < -0.4 is 0 Å². The van der Waals surface area contributed by atoms with Crippen molar-refractivity contribution in [3.05, 3.63) is 65.5 Å². The molecule has 0 radical (unpaired) electrons. The molecule has 126 valence electrons. The molecule has 0 aliphatic carbocycles. The van der Waals surface area contributed by atoms with Crippen molar-refractivity contribution < 1.29 is 9.53 Å². The highest BCUT2D eigenvalue weighted by Crippen LogP contribution is 2.25. The number of aryl methyl sites for hydroxylation is 1. The van der Waals surface area contributed by atoms with Crippen molar-refractivity contribution in [3.63, 3.8) is 0 Å². The van der Waals surface area contributed by atoms with Crippen molar-refractivity contribution in [1.29, 1.82) is 0 Å². The Hall–Kier alpha value is -2.20. The maximum Gasteiger partial charge on any atom is 0.272 e. The zero-order chi connectivity index (χ0) is 16.9. The van der Waals surface area contributed by atoms with Crippen molar-refractivity contribution >= 4 is 5.91 Å². The average Bonchev–Trinajstić information content (AvgIpc) is 2.62. The fourth-order valence-corrected chi connectivity index (χ4v) is 3.49. The Morgan fingerprint density at radius 1 is 1.29 bits per heavy atom. The molecule has 0 unspecified atom stereocenters. The first kappa shape index (κ1) is 16.7. The van der Waals surface area contributed by atoms with Gasteiger partial charge in [0.15, 0.2) is 0 Å². The van der Waals surface area contributed by atoms with Gasteiger partial charge in [-0.05, 0) is 37.5 Å². The minimum absolute atomic E-state index is 0.0133. The van der Waals surface area contributed by atoms with E-state index in [2.05, 4.69) is 36.2 Å². The lowest BCUT2D eigenvalue weighted by Gasteiger charge is -2.38. The molecular weight excluding hydrogens is 300 g/mol. The van der Waals surface area contributed by atoms with E-state index in [1.807, 2.05) is 17.0 Å². The summed E-state index contributed by atoms with van der Waals surface area (Å²) in [6.07, 6.45) is 3.65. The first-order valence-electron chi connectivity index (χ1n) is 8.46. The summed E-state index contributed by atoms with van der Waals surface area (Å²) in [4.78, 5) is 18.8. The Morgan fingerprint density at radius 2 is 2.17 bits per heavy atom. The van der Waals surface area contributed by atoms with E-state index in [0.29, 0.717) is 18.2 Å². The molecule has 0 bridgehead atoms. The van der Waals surface area contributed by atoms with E-state index in [1.165, 1.54) is 11.1 Å². The zero-order valence-corrected chi connectivity index (χ0v) is 14.3. The molecule has 1 amide bonds. The van der Waals surface area contributed by atoms with Crippen LogP contribution in [0.25, 0.3) is 0 Å². The standard InChI is InChI=1S/C20H24N2O2/c1-15-6-5-7-16(12-15)13-17-14-22(11-9-19(17)24-2)20(23)18-8-3-4-10-21-18/h3-8,10,12,17,19H,9,11,13-14H2,1-2H3/t17-,19-/m0/s1. The molecule has 4 nitrogen and oxygen atoms in total. The Bertz CT molecular complexity index is 687. The van der Waals surface area contributed by atoms with Gasteiger partial charge in [-0.2, -0.15) is 0 Å². The van der Waals surface area contributed by atoms with E-state index in [1.54, 1.807) is 19.4 Å². The summed E-state index contributed by atoms with van der Waals surface area (Å²) >= 11 is 0. The number of amides is 1. The van der Waals surface area contributed by atoms with E-state index in [-0.39, 0.29) is 12.0 Å². The quantitative estimate of drug-likeness (QED) is 0.868. The van der Waals surface area contributed by atoms with Gasteiger partial charge < -0.3 is 9.64 Å². The largest absolute Gasteiger partial charge is 0.381 e. The molecule has 2 atom stereocenters. The number of nitrogens with zero attached hydrogens (tertiary/aromatic N) is 2. The molecule has 1 fully saturated rings. The van der Waals surface area contributed by atoms with Crippen LogP contribution in [0.1, 0.15) is 28.0 Å². The van der Waals surface area contributed by atoms with Gasteiger partial charge in [0.25, 0.3) is 5.91 Å². The SMILES string of the molecule is CO[C@H]1CCN(C(=O)c2ccccn2)C[C@@H]1Cc1cccc(C)c1. The lowest BCUT2D eigenvalue weighted by atomic mass is 9.88. The average molecular weight is 324 g/mol. The highest BCUT2D eigenvalue weighted by atomic mass is 16.5. The van der Waals surface area contributed by atoms with Gasteiger partial charge in [0, 0.05) is 32.3 Å². The number of rotatable bonds is 4. The van der Waals surface area contributed by atoms with Crippen molar-refractivity contribution in [2.45, 2.75) is 25.9 Å². The van der Waals surface area contributed by atoms with Crippen LogP contribution in [-0.4, -0.2) is 42.1 Å². The number of piperidine rings is 1. The van der Waals surface area contributed by atoms with Crippen LogP contribution in [0.2, 0.25) is 0 Å². The van der Waals surface area contributed by atoms with Gasteiger partial charge in [0.2, 0.25) is 0 Å². The molecular formula is C20H24N2O2. The van der Waals surface area contributed by atoms with Gasteiger partial charge in [-0.15, -0.1) is 0 Å². The number of ether oxygens (including phenoxy) is 1. The summed E-state index contributed by atoms with van der Waals surface area (Å²) in [5, 5.41) is 0. The molecule has 1 aliphatic heterocycles. The summed E-state index contributed by atoms with van der Waals surface area (Å²) in [6.45, 7) is 3.54. The number of benzene rings is 1. The Balaban J connectivity index is 1.73. The topological polar surface area (TPSA) is 42.4 Å². The summed E-state index contributed by atoms with van der Waals surface area (Å²) < 4.78 is 5.69. The molecule has 1 aromatic heterocycles. The number of likely N-dealkylation sites (tertiary alicyclic amines) is 1. The number of hydrogen-bond acceptors (Lipinski definition) is 3. The molecule has 0 spiro atoms. The molecule has 1 saturated heterocycles. The van der Waals surface area contributed by atoms with Gasteiger partial charge in [-0.1, -0.05) is 35.9 Å². The first-order valence-corrected chi connectivity index (χ1v) is 8.46. The lowest BCUT2D eigenvalue weighted by Crippen LogP contribution is -2.47. The maximum absolute atomic E-state index is 12.7.